The zero-order valence-corrected chi connectivity index (χ0v) is 14.4. The Morgan fingerprint density at radius 1 is 1.22 bits per heavy atom. The lowest BCUT2D eigenvalue weighted by molar-refractivity contribution is 0.750. The molecule has 1 heterocycles. The van der Waals surface area contributed by atoms with Crippen LogP contribution in [0, 0.1) is 0 Å². The van der Waals surface area contributed by atoms with Gasteiger partial charge in [0.05, 0.1) is 5.69 Å². The van der Waals surface area contributed by atoms with Crippen molar-refractivity contribution in [3.8, 4) is 0 Å². The fourth-order valence-electron chi connectivity index (χ4n) is 2.33. The van der Waals surface area contributed by atoms with Gasteiger partial charge in [-0.2, -0.15) is 4.98 Å². The van der Waals surface area contributed by atoms with Crippen LogP contribution in [0.1, 0.15) is 50.3 Å². The number of nitrogens with zero attached hydrogens (tertiary/aromatic N) is 2. The number of benzene rings is 1. The van der Waals surface area contributed by atoms with Crippen LogP contribution >= 0.6 is 11.6 Å². The average molecular weight is 331 g/mol. The van der Waals surface area contributed by atoms with E-state index in [4.69, 9.17) is 11.6 Å². The number of rotatable bonds is 7. The molecule has 1 atom stereocenters. The molecule has 122 valence electrons. The highest BCUT2D eigenvalue weighted by molar-refractivity contribution is 6.30. The summed E-state index contributed by atoms with van der Waals surface area (Å²) in [4.78, 5) is 9.28. The number of halogens is 1. The molecular weight excluding hydrogens is 308 g/mol. The van der Waals surface area contributed by atoms with Crippen LogP contribution in [0.4, 0.5) is 11.8 Å². The van der Waals surface area contributed by atoms with E-state index >= 15 is 0 Å². The van der Waals surface area contributed by atoms with E-state index in [1.54, 1.807) is 0 Å². The molecule has 0 saturated heterocycles. The van der Waals surface area contributed by atoms with Gasteiger partial charge in [0.1, 0.15) is 5.82 Å². The minimum Gasteiger partial charge on any atom is -0.366 e. The number of aromatic nitrogens is 2. The minimum absolute atomic E-state index is 0.369. The Bertz CT molecular complexity index is 653. The number of anilines is 2. The van der Waals surface area contributed by atoms with Crippen LogP contribution in [0.15, 0.2) is 30.3 Å². The maximum Gasteiger partial charge on any atom is 0.225 e. The van der Waals surface area contributed by atoms with Crippen LogP contribution in [0.5, 0.6) is 0 Å². The zero-order chi connectivity index (χ0) is 16.2. The van der Waals surface area contributed by atoms with E-state index in [1.807, 2.05) is 24.3 Å². The van der Waals surface area contributed by atoms with E-state index in [0.717, 1.165) is 35.4 Å². The molecule has 0 aliphatic heterocycles. The van der Waals surface area contributed by atoms with Gasteiger partial charge in [-0.3, -0.25) is 0 Å². The normalized spacial score (nSPS) is 15.3. The van der Waals surface area contributed by atoms with Crippen molar-refractivity contribution in [1.29, 1.82) is 0 Å². The van der Waals surface area contributed by atoms with E-state index in [-0.39, 0.29) is 0 Å². The summed E-state index contributed by atoms with van der Waals surface area (Å²) in [5.74, 6) is 2.21. The highest BCUT2D eigenvalue weighted by Gasteiger charge is 2.26. The molecule has 0 bridgehead atoms. The van der Waals surface area contributed by atoms with Crippen molar-refractivity contribution in [2.75, 3.05) is 10.6 Å². The second kappa shape index (κ2) is 7.18. The van der Waals surface area contributed by atoms with Crippen LogP contribution < -0.4 is 10.6 Å². The first-order valence-corrected chi connectivity index (χ1v) is 8.65. The summed E-state index contributed by atoms with van der Waals surface area (Å²) in [6.45, 7) is 5.02. The smallest absolute Gasteiger partial charge is 0.225 e. The van der Waals surface area contributed by atoms with Crippen molar-refractivity contribution in [1.82, 2.24) is 9.97 Å². The molecule has 1 fully saturated rings. The molecular formula is C18H23ClN4. The first kappa shape index (κ1) is 16.1. The molecule has 1 saturated carbocycles. The van der Waals surface area contributed by atoms with Gasteiger partial charge in [0.15, 0.2) is 0 Å². The largest absolute Gasteiger partial charge is 0.366 e. The molecule has 2 aromatic rings. The Morgan fingerprint density at radius 2 is 1.96 bits per heavy atom. The summed E-state index contributed by atoms with van der Waals surface area (Å²) in [6.07, 6.45) is 3.51. The Labute approximate surface area is 142 Å². The first-order valence-electron chi connectivity index (χ1n) is 8.28. The monoisotopic (exact) mass is 330 g/mol. The molecule has 0 unspecified atom stereocenters. The number of nitrogens with one attached hydrogen (secondary N) is 2. The predicted molar refractivity (Wildman–Crippen MR) is 96.2 cm³/mol. The van der Waals surface area contributed by atoms with Gasteiger partial charge in [-0.25, -0.2) is 4.98 Å². The molecule has 1 aromatic heterocycles. The van der Waals surface area contributed by atoms with Crippen molar-refractivity contribution in [3.05, 3.63) is 46.6 Å². The lowest BCUT2D eigenvalue weighted by Gasteiger charge is -2.14. The Morgan fingerprint density at radius 3 is 2.61 bits per heavy atom. The zero-order valence-electron chi connectivity index (χ0n) is 13.6. The van der Waals surface area contributed by atoms with Crippen LogP contribution in [0.3, 0.4) is 0 Å². The third-order valence-corrected chi connectivity index (χ3v) is 4.37. The lowest BCUT2D eigenvalue weighted by atomic mass is 10.2. The first-order chi connectivity index (χ1) is 11.1. The third kappa shape index (κ3) is 4.58. The van der Waals surface area contributed by atoms with Gasteiger partial charge in [-0.15, -0.1) is 0 Å². The van der Waals surface area contributed by atoms with Gasteiger partial charge in [-0.05, 0) is 43.9 Å². The summed E-state index contributed by atoms with van der Waals surface area (Å²) in [5.41, 5.74) is 2.32. The molecule has 5 heteroatoms. The summed E-state index contributed by atoms with van der Waals surface area (Å²) >= 11 is 5.93. The third-order valence-electron chi connectivity index (χ3n) is 4.12. The van der Waals surface area contributed by atoms with Gasteiger partial charge < -0.3 is 10.6 Å². The second-order valence-electron chi connectivity index (χ2n) is 6.21. The predicted octanol–water partition coefficient (Wildman–Crippen LogP) is 4.83. The summed E-state index contributed by atoms with van der Waals surface area (Å²) < 4.78 is 0. The van der Waals surface area contributed by atoms with Gasteiger partial charge >= 0.3 is 0 Å². The van der Waals surface area contributed by atoms with E-state index in [2.05, 4.69) is 40.5 Å². The minimum atomic E-state index is 0.369. The lowest BCUT2D eigenvalue weighted by Crippen LogP contribution is -2.17. The molecule has 0 radical (unpaired) electrons. The highest BCUT2D eigenvalue weighted by Crippen LogP contribution is 2.39. The van der Waals surface area contributed by atoms with Gasteiger partial charge in [0, 0.05) is 29.6 Å². The van der Waals surface area contributed by atoms with E-state index in [1.165, 1.54) is 18.4 Å². The van der Waals surface area contributed by atoms with Crippen LogP contribution in [0.2, 0.25) is 5.02 Å². The fraction of sp³-hybridized carbons (Fsp3) is 0.444. The molecule has 1 aliphatic carbocycles. The average Bonchev–Trinajstić information content (AvgIpc) is 3.39. The van der Waals surface area contributed by atoms with E-state index < -0.39 is 0 Å². The summed E-state index contributed by atoms with van der Waals surface area (Å²) in [6, 6.07) is 10.3. The van der Waals surface area contributed by atoms with Crippen molar-refractivity contribution in [3.63, 3.8) is 0 Å². The van der Waals surface area contributed by atoms with Crippen molar-refractivity contribution in [2.24, 2.45) is 0 Å². The summed E-state index contributed by atoms with van der Waals surface area (Å²) in [5, 5.41) is 7.54. The van der Waals surface area contributed by atoms with Crippen molar-refractivity contribution < 1.29 is 0 Å². The van der Waals surface area contributed by atoms with Crippen LogP contribution in [-0.4, -0.2) is 16.0 Å². The SMILES string of the molecule is CC[C@@H](C)Nc1nc(NCc2ccc(Cl)cc2)cc(C2CC2)n1. The fourth-order valence-corrected chi connectivity index (χ4v) is 2.45. The van der Waals surface area contributed by atoms with Gasteiger partial charge in [0.25, 0.3) is 0 Å². The highest BCUT2D eigenvalue weighted by atomic mass is 35.5. The molecule has 4 nitrogen and oxygen atoms in total. The topological polar surface area (TPSA) is 49.8 Å². The quantitative estimate of drug-likeness (QED) is 0.763. The van der Waals surface area contributed by atoms with E-state index in [9.17, 15) is 0 Å². The van der Waals surface area contributed by atoms with Crippen molar-refractivity contribution >= 4 is 23.4 Å². The Hall–Kier alpha value is -1.81. The number of hydrogen-bond acceptors (Lipinski definition) is 4. The summed E-state index contributed by atoms with van der Waals surface area (Å²) in [7, 11) is 0. The number of hydrogen-bond donors (Lipinski definition) is 2. The van der Waals surface area contributed by atoms with Gasteiger partial charge in [0.2, 0.25) is 5.95 Å². The Balaban J connectivity index is 1.73. The molecule has 1 aliphatic rings. The molecule has 3 rings (SSSR count). The molecule has 23 heavy (non-hydrogen) atoms. The molecule has 2 N–H and O–H groups in total. The maximum absolute atomic E-state index is 5.93. The second-order valence-corrected chi connectivity index (χ2v) is 6.65. The van der Waals surface area contributed by atoms with Gasteiger partial charge in [-0.1, -0.05) is 30.7 Å². The molecule has 1 aromatic carbocycles. The van der Waals surface area contributed by atoms with Crippen LogP contribution in [0.25, 0.3) is 0 Å². The van der Waals surface area contributed by atoms with Crippen LogP contribution in [-0.2, 0) is 6.54 Å². The van der Waals surface area contributed by atoms with Crippen molar-refractivity contribution in [2.45, 2.75) is 51.6 Å². The van der Waals surface area contributed by atoms with E-state index in [0.29, 0.717) is 12.0 Å². The maximum atomic E-state index is 5.93. The Kier molecular flexibility index (Phi) is 5.01. The standard InChI is InChI=1S/C18H23ClN4/c1-3-12(2)21-18-22-16(14-6-7-14)10-17(23-18)20-11-13-4-8-15(19)9-5-13/h4-5,8-10,12,14H,3,6-7,11H2,1-2H3,(H2,20,21,22,23)/t12-/m1/s1. The molecule has 0 spiro atoms. The molecule has 0 amide bonds.